The molecular weight excluding hydrogens is 382 g/mol. The molecule has 2 aromatic rings. The lowest BCUT2D eigenvalue weighted by Gasteiger charge is -2.33. The Hall–Kier alpha value is -2.05. The first-order chi connectivity index (χ1) is 13.0. The molecule has 2 aliphatic rings. The summed E-state index contributed by atoms with van der Waals surface area (Å²) in [5.74, 6) is 0.608. The van der Waals surface area contributed by atoms with Gasteiger partial charge < -0.3 is 9.80 Å². The number of pyridine rings is 1. The van der Waals surface area contributed by atoms with Crippen molar-refractivity contribution in [1.29, 1.82) is 0 Å². The summed E-state index contributed by atoms with van der Waals surface area (Å²) in [7, 11) is 0. The highest BCUT2D eigenvalue weighted by atomic mass is 35.5. The Balaban J connectivity index is 1.66. The van der Waals surface area contributed by atoms with Crippen molar-refractivity contribution >= 4 is 40.9 Å². The maximum atomic E-state index is 13.5. The van der Waals surface area contributed by atoms with Gasteiger partial charge in [-0.3, -0.25) is 14.6 Å². The Morgan fingerprint density at radius 2 is 2.11 bits per heavy atom. The summed E-state index contributed by atoms with van der Waals surface area (Å²) < 4.78 is 0. The Bertz CT molecular complexity index is 861. The van der Waals surface area contributed by atoms with E-state index in [0.717, 1.165) is 17.8 Å². The second kappa shape index (κ2) is 7.17. The zero-order chi connectivity index (χ0) is 19.0. The molecule has 140 valence electrons. The molecule has 1 aromatic heterocycles. The van der Waals surface area contributed by atoms with Gasteiger partial charge in [0, 0.05) is 29.1 Å². The average Bonchev–Trinajstić information content (AvgIpc) is 3.17. The molecule has 2 saturated heterocycles. The van der Waals surface area contributed by atoms with Crippen LogP contribution in [0.5, 0.6) is 0 Å². The fraction of sp³-hybridized carbons (Fsp3) is 0.350. The molecule has 0 spiro atoms. The summed E-state index contributed by atoms with van der Waals surface area (Å²) >= 11 is 7.72. The molecule has 2 aliphatic heterocycles. The van der Waals surface area contributed by atoms with E-state index in [1.165, 1.54) is 0 Å². The van der Waals surface area contributed by atoms with Gasteiger partial charge in [0.25, 0.3) is 5.91 Å². The number of aromatic nitrogens is 1. The third-order valence-corrected chi connectivity index (χ3v) is 6.94. The molecule has 7 heteroatoms. The van der Waals surface area contributed by atoms with Gasteiger partial charge in [0.2, 0.25) is 5.91 Å². The molecule has 2 fully saturated rings. The molecule has 0 N–H and O–H groups in total. The van der Waals surface area contributed by atoms with Crippen LogP contribution >= 0.6 is 23.4 Å². The Morgan fingerprint density at radius 3 is 2.81 bits per heavy atom. The van der Waals surface area contributed by atoms with Crippen LogP contribution in [0.1, 0.15) is 25.5 Å². The van der Waals surface area contributed by atoms with Crippen molar-refractivity contribution in [2.75, 3.05) is 10.7 Å². The third-order valence-electron chi connectivity index (χ3n) is 5.18. The summed E-state index contributed by atoms with van der Waals surface area (Å²) in [6.07, 6.45) is 3.02. The van der Waals surface area contributed by atoms with E-state index in [1.807, 2.05) is 30.3 Å². The highest BCUT2D eigenvalue weighted by molar-refractivity contribution is 8.01. The first-order valence-electron chi connectivity index (χ1n) is 8.91. The number of carbonyl (C=O) groups is 2. The second-order valence-electron chi connectivity index (χ2n) is 6.99. The highest BCUT2D eigenvalue weighted by Crippen LogP contribution is 2.47. The number of carbonyl (C=O) groups excluding carboxylic acids is 2. The van der Waals surface area contributed by atoms with Gasteiger partial charge in [-0.1, -0.05) is 17.7 Å². The van der Waals surface area contributed by atoms with Crippen LogP contribution in [0.25, 0.3) is 0 Å². The van der Waals surface area contributed by atoms with Crippen LogP contribution in [0, 0.1) is 0 Å². The smallest absolute Gasteiger partial charge is 0.251 e. The van der Waals surface area contributed by atoms with Gasteiger partial charge >= 0.3 is 0 Å². The lowest BCUT2D eigenvalue weighted by molar-refractivity contribution is -0.136. The fourth-order valence-corrected chi connectivity index (χ4v) is 5.30. The molecule has 0 bridgehead atoms. The van der Waals surface area contributed by atoms with E-state index in [-0.39, 0.29) is 16.7 Å². The molecule has 0 aliphatic carbocycles. The first-order valence-corrected chi connectivity index (χ1v) is 10.3. The van der Waals surface area contributed by atoms with Gasteiger partial charge in [0.15, 0.2) is 0 Å². The maximum absolute atomic E-state index is 13.5. The summed E-state index contributed by atoms with van der Waals surface area (Å²) in [5, 5.41) is 0.614. The monoisotopic (exact) mass is 401 g/mol. The highest BCUT2D eigenvalue weighted by Gasteiger charge is 2.53. The van der Waals surface area contributed by atoms with Gasteiger partial charge in [-0.15, -0.1) is 11.8 Å². The third kappa shape index (κ3) is 3.44. The van der Waals surface area contributed by atoms with Crippen molar-refractivity contribution in [2.24, 2.45) is 0 Å². The number of hydrogen-bond donors (Lipinski definition) is 0. The molecule has 27 heavy (non-hydrogen) atoms. The molecule has 2 amide bonds. The molecule has 1 aromatic carbocycles. The second-order valence-corrected chi connectivity index (χ2v) is 8.93. The largest absolute Gasteiger partial charge is 0.315 e. The standard InChI is InChI=1S/C20H20ClN3O2S/c1-20-10-9-18(25)24(20)17(13-27-20)19(26)23(12-15-4-2-3-11-22-15)16-7-5-14(21)6-8-16/h2-8,11,17H,9-10,12-13H2,1H3. The average molecular weight is 402 g/mol. The van der Waals surface area contributed by atoms with Gasteiger partial charge in [-0.05, 0) is 49.7 Å². The van der Waals surface area contributed by atoms with Crippen molar-refractivity contribution < 1.29 is 9.59 Å². The van der Waals surface area contributed by atoms with E-state index in [4.69, 9.17) is 11.6 Å². The van der Waals surface area contributed by atoms with Crippen LogP contribution < -0.4 is 4.90 Å². The molecule has 4 rings (SSSR count). The molecular formula is C20H20ClN3O2S. The fourth-order valence-electron chi connectivity index (χ4n) is 3.75. The number of amides is 2. The minimum atomic E-state index is -0.450. The predicted octanol–water partition coefficient (Wildman–Crippen LogP) is 3.72. The molecule has 5 nitrogen and oxygen atoms in total. The van der Waals surface area contributed by atoms with Crippen LogP contribution in [0.15, 0.2) is 48.7 Å². The van der Waals surface area contributed by atoms with E-state index >= 15 is 0 Å². The lowest BCUT2D eigenvalue weighted by Crippen LogP contribution is -2.51. The number of thioether (sulfide) groups is 1. The van der Waals surface area contributed by atoms with Crippen LogP contribution in [0.2, 0.25) is 5.02 Å². The van der Waals surface area contributed by atoms with Crippen molar-refractivity contribution in [1.82, 2.24) is 9.88 Å². The maximum Gasteiger partial charge on any atom is 0.251 e. The minimum Gasteiger partial charge on any atom is -0.315 e. The number of fused-ring (bicyclic) bond motifs is 1. The predicted molar refractivity (Wildman–Crippen MR) is 108 cm³/mol. The molecule has 3 heterocycles. The van der Waals surface area contributed by atoms with Gasteiger partial charge in [0.1, 0.15) is 6.04 Å². The summed E-state index contributed by atoms with van der Waals surface area (Å²) in [5.41, 5.74) is 1.54. The van der Waals surface area contributed by atoms with Crippen molar-refractivity contribution in [3.8, 4) is 0 Å². The van der Waals surface area contributed by atoms with E-state index in [1.54, 1.807) is 39.9 Å². The van der Waals surface area contributed by atoms with Crippen LogP contribution in [-0.2, 0) is 16.1 Å². The number of rotatable bonds is 4. The van der Waals surface area contributed by atoms with Crippen LogP contribution in [0.4, 0.5) is 5.69 Å². The van der Waals surface area contributed by atoms with Crippen LogP contribution in [0.3, 0.4) is 0 Å². The first kappa shape index (κ1) is 18.3. The van der Waals surface area contributed by atoms with Gasteiger partial charge in [0.05, 0.1) is 17.1 Å². The molecule has 2 unspecified atom stereocenters. The molecule has 2 atom stereocenters. The van der Waals surface area contributed by atoms with E-state index in [9.17, 15) is 9.59 Å². The SMILES string of the molecule is CC12CCC(=O)N1C(C(=O)N(Cc1ccccn1)c1ccc(Cl)cc1)CS2. The summed E-state index contributed by atoms with van der Waals surface area (Å²) in [6, 6.07) is 12.4. The zero-order valence-electron chi connectivity index (χ0n) is 15.0. The normalized spacial score (nSPS) is 24.1. The van der Waals surface area contributed by atoms with E-state index < -0.39 is 6.04 Å². The topological polar surface area (TPSA) is 53.5 Å². The lowest BCUT2D eigenvalue weighted by atomic mass is 10.1. The molecule has 0 saturated carbocycles. The molecule has 0 radical (unpaired) electrons. The Labute approximate surface area is 167 Å². The van der Waals surface area contributed by atoms with Crippen molar-refractivity contribution in [3.63, 3.8) is 0 Å². The number of benzene rings is 1. The van der Waals surface area contributed by atoms with Gasteiger partial charge in [-0.25, -0.2) is 0 Å². The van der Waals surface area contributed by atoms with Crippen LogP contribution in [-0.4, -0.2) is 38.4 Å². The van der Waals surface area contributed by atoms with E-state index in [2.05, 4.69) is 11.9 Å². The van der Waals surface area contributed by atoms with E-state index in [0.29, 0.717) is 23.7 Å². The number of nitrogens with zero attached hydrogens (tertiary/aromatic N) is 3. The minimum absolute atomic E-state index is 0.0646. The number of hydrogen-bond acceptors (Lipinski definition) is 4. The Kier molecular flexibility index (Phi) is 4.86. The summed E-state index contributed by atoms with van der Waals surface area (Å²) in [4.78, 5) is 33.6. The van der Waals surface area contributed by atoms with Crippen molar-refractivity contribution in [3.05, 3.63) is 59.4 Å². The van der Waals surface area contributed by atoms with Gasteiger partial charge in [-0.2, -0.15) is 0 Å². The number of halogens is 1. The number of anilines is 1. The van der Waals surface area contributed by atoms with Crippen molar-refractivity contribution in [2.45, 2.75) is 37.2 Å². The zero-order valence-corrected chi connectivity index (χ0v) is 16.5. The summed E-state index contributed by atoms with van der Waals surface area (Å²) in [6.45, 7) is 2.41. The quantitative estimate of drug-likeness (QED) is 0.783. The Morgan fingerprint density at radius 1 is 1.33 bits per heavy atom.